The fraction of sp³-hybridized carbons (Fsp3) is 0.176. The van der Waals surface area contributed by atoms with Gasteiger partial charge in [-0.05, 0) is 37.3 Å². The Kier molecular flexibility index (Phi) is 4.16. The molecule has 0 bridgehead atoms. The van der Waals surface area contributed by atoms with E-state index < -0.39 is 17.5 Å². The van der Waals surface area contributed by atoms with Crippen LogP contribution in [0.2, 0.25) is 0 Å². The van der Waals surface area contributed by atoms with E-state index in [1.165, 1.54) is 29.2 Å². The van der Waals surface area contributed by atoms with Crippen LogP contribution in [0.3, 0.4) is 0 Å². The standard InChI is InChI=1S/C17H15F2N3O2/c1-10-2-4-13(18)12(8-10)16(23)21-15-9-11(3-5-14(15)19)22-7-6-20-17(22)24/h2-5,8-9H,6-7H2,1H3,(H,20,24)(H,21,23). The van der Waals surface area contributed by atoms with Crippen LogP contribution in [0, 0.1) is 18.6 Å². The van der Waals surface area contributed by atoms with Crippen LogP contribution in [0.4, 0.5) is 25.0 Å². The Morgan fingerprint density at radius 1 is 1.17 bits per heavy atom. The molecule has 3 amide bonds. The molecular formula is C17H15F2N3O2. The quantitative estimate of drug-likeness (QED) is 0.908. The molecule has 2 aromatic rings. The molecule has 0 atom stereocenters. The number of amides is 3. The Balaban J connectivity index is 1.88. The molecule has 124 valence electrons. The third kappa shape index (κ3) is 3.05. The first kappa shape index (κ1) is 15.9. The second kappa shape index (κ2) is 6.27. The molecular weight excluding hydrogens is 316 g/mol. The number of rotatable bonds is 3. The Morgan fingerprint density at radius 3 is 2.62 bits per heavy atom. The number of halogens is 2. The lowest BCUT2D eigenvalue weighted by molar-refractivity contribution is 0.102. The molecule has 7 heteroatoms. The summed E-state index contributed by atoms with van der Waals surface area (Å²) in [4.78, 5) is 25.3. The van der Waals surface area contributed by atoms with Crippen molar-refractivity contribution in [3.8, 4) is 0 Å². The van der Waals surface area contributed by atoms with Crippen molar-refractivity contribution >= 4 is 23.3 Å². The van der Waals surface area contributed by atoms with Gasteiger partial charge in [-0.1, -0.05) is 11.6 Å². The number of anilines is 2. The summed E-state index contributed by atoms with van der Waals surface area (Å²) in [7, 11) is 0. The number of carbonyl (C=O) groups is 2. The molecule has 0 spiro atoms. The summed E-state index contributed by atoms with van der Waals surface area (Å²) in [6, 6.07) is 7.78. The fourth-order valence-corrected chi connectivity index (χ4v) is 2.50. The van der Waals surface area contributed by atoms with Gasteiger partial charge in [-0.25, -0.2) is 13.6 Å². The highest BCUT2D eigenvalue weighted by Gasteiger charge is 2.22. The van der Waals surface area contributed by atoms with Gasteiger partial charge in [0.25, 0.3) is 5.91 Å². The Hall–Kier alpha value is -2.96. The molecule has 0 aromatic heterocycles. The Bertz CT molecular complexity index is 823. The van der Waals surface area contributed by atoms with Crippen LogP contribution < -0.4 is 15.5 Å². The van der Waals surface area contributed by atoms with Crippen molar-refractivity contribution in [1.82, 2.24) is 5.32 Å². The molecule has 1 aliphatic rings. The zero-order valence-corrected chi connectivity index (χ0v) is 12.9. The van der Waals surface area contributed by atoms with Crippen molar-refractivity contribution in [2.45, 2.75) is 6.92 Å². The second-order valence-electron chi connectivity index (χ2n) is 5.49. The van der Waals surface area contributed by atoms with Gasteiger partial charge in [0.2, 0.25) is 0 Å². The van der Waals surface area contributed by atoms with E-state index in [2.05, 4.69) is 10.6 Å². The van der Waals surface area contributed by atoms with E-state index in [1.54, 1.807) is 13.0 Å². The fourth-order valence-electron chi connectivity index (χ4n) is 2.50. The van der Waals surface area contributed by atoms with Crippen LogP contribution in [0.25, 0.3) is 0 Å². The van der Waals surface area contributed by atoms with E-state index in [4.69, 9.17) is 0 Å². The van der Waals surface area contributed by atoms with E-state index in [0.29, 0.717) is 24.3 Å². The predicted octanol–water partition coefficient (Wildman–Crippen LogP) is 3.06. The summed E-state index contributed by atoms with van der Waals surface area (Å²) < 4.78 is 27.8. The average molecular weight is 331 g/mol. The number of benzene rings is 2. The van der Waals surface area contributed by atoms with Gasteiger partial charge >= 0.3 is 6.03 Å². The van der Waals surface area contributed by atoms with Crippen LogP contribution in [-0.2, 0) is 0 Å². The maximum atomic E-state index is 14.0. The number of nitrogens with zero attached hydrogens (tertiary/aromatic N) is 1. The van der Waals surface area contributed by atoms with Gasteiger partial charge in [-0.3, -0.25) is 9.69 Å². The minimum absolute atomic E-state index is 0.113. The van der Waals surface area contributed by atoms with Crippen molar-refractivity contribution < 1.29 is 18.4 Å². The Labute approximate surface area is 137 Å². The van der Waals surface area contributed by atoms with Crippen LogP contribution in [0.1, 0.15) is 15.9 Å². The first-order chi connectivity index (χ1) is 11.5. The van der Waals surface area contributed by atoms with Gasteiger partial charge in [-0.2, -0.15) is 0 Å². The third-order valence-corrected chi connectivity index (χ3v) is 3.73. The van der Waals surface area contributed by atoms with Gasteiger partial charge < -0.3 is 10.6 Å². The normalized spacial score (nSPS) is 13.8. The van der Waals surface area contributed by atoms with E-state index in [9.17, 15) is 18.4 Å². The molecule has 0 saturated carbocycles. The van der Waals surface area contributed by atoms with Gasteiger partial charge in [0.15, 0.2) is 0 Å². The summed E-state index contributed by atoms with van der Waals surface area (Å²) in [6.07, 6.45) is 0. The van der Waals surface area contributed by atoms with E-state index in [0.717, 1.165) is 6.07 Å². The topological polar surface area (TPSA) is 61.4 Å². The molecule has 0 radical (unpaired) electrons. The zero-order valence-electron chi connectivity index (χ0n) is 12.9. The Morgan fingerprint density at radius 2 is 1.92 bits per heavy atom. The monoisotopic (exact) mass is 331 g/mol. The molecule has 0 aliphatic carbocycles. The molecule has 1 heterocycles. The largest absolute Gasteiger partial charge is 0.336 e. The minimum Gasteiger partial charge on any atom is -0.336 e. The third-order valence-electron chi connectivity index (χ3n) is 3.73. The van der Waals surface area contributed by atoms with Crippen LogP contribution >= 0.6 is 0 Å². The number of urea groups is 1. The zero-order chi connectivity index (χ0) is 17.3. The van der Waals surface area contributed by atoms with Crippen molar-refractivity contribution in [1.29, 1.82) is 0 Å². The summed E-state index contributed by atoms with van der Waals surface area (Å²) in [5.74, 6) is -2.11. The molecule has 24 heavy (non-hydrogen) atoms. The first-order valence-corrected chi connectivity index (χ1v) is 7.38. The van der Waals surface area contributed by atoms with Crippen molar-refractivity contribution in [3.63, 3.8) is 0 Å². The SMILES string of the molecule is Cc1ccc(F)c(C(=O)Nc2cc(N3CCNC3=O)ccc2F)c1. The average Bonchev–Trinajstić information content (AvgIpc) is 2.98. The molecule has 0 unspecified atom stereocenters. The van der Waals surface area contributed by atoms with Gasteiger partial charge in [0.1, 0.15) is 11.6 Å². The van der Waals surface area contributed by atoms with Crippen LogP contribution in [-0.4, -0.2) is 25.0 Å². The summed E-state index contributed by atoms with van der Waals surface area (Å²) in [6.45, 7) is 2.67. The molecule has 1 saturated heterocycles. The highest BCUT2D eigenvalue weighted by atomic mass is 19.1. The van der Waals surface area contributed by atoms with Crippen LogP contribution in [0.15, 0.2) is 36.4 Å². The molecule has 2 N–H and O–H groups in total. The van der Waals surface area contributed by atoms with Crippen LogP contribution in [0.5, 0.6) is 0 Å². The second-order valence-corrected chi connectivity index (χ2v) is 5.49. The maximum absolute atomic E-state index is 14.0. The maximum Gasteiger partial charge on any atom is 0.321 e. The van der Waals surface area contributed by atoms with E-state index >= 15 is 0 Å². The van der Waals surface area contributed by atoms with Crippen molar-refractivity contribution in [3.05, 3.63) is 59.2 Å². The van der Waals surface area contributed by atoms with Gasteiger partial charge in [0, 0.05) is 18.8 Å². The highest BCUT2D eigenvalue weighted by Crippen LogP contribution is 2.25. The molecule has 1 fully saturated rings. The number of nitrogens with one attached hydrogen (secondary N) is 2. The predicted molar refractivity (Wildman–Crippen MR) is 86.2 cm³/mol. The van der Waals surface area contributed by atoms with Gasteiger partial charge in [0.05, 0.1) is 11.3 Å². The first-order valence-electron chi connectivity index (χ1n) is 7.38. The molecule has 2 aromatic carbocycles. The smallest absolute Gasteiger partial charge is 0.321 e. The number of hydrogen-bond donors (Lipinski definition) is 2. The summed E-state index contributed by atoms with van der Waals surface area (Å²) in [5.41, 5.74) is 0.882. The molecule has 5 nitrogen and oxygen atoms in total. The lowest BCUT2D eigenvalue weighted by atomic mass is 10.1. The summed E-state index contributed by atoms with van der Waals surface area (Å²) in [5, 5.41) is 5.00. The number of aryl methyl sites for hydroxylation is 1. The number of hydrogen-bond acceptors (Lipinski definition) is 2. The number of carbonyl (C=O) groups excluding carboxylic acids is 2. The lowest BCUT2D eigenvalue weighted by Gasteiger charge is -2.16. The molecule has 1 aliphatic heterocycles. The summed E-state index contributed by atoms with van der Waals surface area (Å²) >= 11 is 0. The van der Waals surface area contributed by atoms with Crippen molar-refractivity contribution in [2.24, 2.45) is 0 Å². The lowest BCUT2D eigenvalue weighted by Crippen LogP contribution is -2.27. The minimum atomic E-state index is -0.752. The highest BCUT2D eigenvalue weighted by molar-refractivity contribution is 6.05. The molecule has 3 rings (SSSR count). The van der Waals surface area contributed by atoms with E-state index in [1.807, 2.05) is 0 Å². The van der Waals surface area contributed by atoms with Gasteiger partial charge in [-0.15, -0.1) is 0 Å². The van der Waals surface area contributed by atoms with E-state index in [-0.39, 0.29) is 17.3 Å². The van der Waals surface area contributed by atoms with Crippen molar-refractivity contribution in [2.75, 3.05) is 23.3 Å².